The first kappa shape index (κ1) is 15.9. The molecule has 2 bridgehead atoms. The maximum absolute atomic E-state index is 12.6. The lowest BCUT2D eigenvalue weighted by Crippen LogP contribution is -2.60. The van der Waals surface area contributed by atoms with Gasteiger partial charge in [0, 0.05) is 0 Å². The fourth-order valence-corrected chi connectivity index (χ4v) is 7.95. The van der Waals surface area contributed by atoms with Gasteiger partial charge in [-0.25, -0.2) is 0 Å². The average molecular weight is 320 g/mol. The Morgan fingerprint density at radius 3 is 2.43 bits per heavy atom. The molecule has 4 aliphatic carbocycles. The molecule has 0 radical (unpaired) electrons. The minimum absolute atomic E-state index is 0.0920. The van der Waals surface area contributed by atoms with E-state index in [1.165, 1.54) is 0 Å². The minimum atomic E-state index is -0.578. The number of aliphatic carboxylic acids is 1. The van der Waals surface area contributed by atoms with Gasteiger partial charge in [-0.05, 0) is 86.9 Å². The van der Waals surface area contributed by atoms with Crippen molar-refractivity contribution in [3.8, 4) is 0 Å². The van der Waals surface area contributed by atoms with E-state index in [1.54, 1.807) is 0 Å². The molecule has 4 aliphatic rings. The normalized spacial score (nSPS) is 54.2. The average Bonchev–Trinajstić information content (AvgIpc) is 2.62. The molecule has 2 N–H and O–H groups in total. The largest absolute Gasteiger partial charge is 0.481 e. The summed E-state index contributed by atoms with van der Waals surface area (Å²) >= 11 is 0. The first-order valence-corrected chi connectivity index (χ1v) is 9.60. The van der Waals surface area contributed by atoms with Crippen LogP contribution in [0.5, 0.6) is 0 Å². The van der Waals surface area contributed by atoms with Crippen LogP contribution in [-0.4, -0.2) is 21.8 Å². The third-order valence-electron chi connectivity index (χ3n) is 8.71. The van der Waals surface area contributed by atoms with Crippen molar-refractivity contribution in [1.82, 2.24) is 0 Å². The molecule has 130 valence electrons. The fraction of sp³-hybridized carbons (Fsp3) is 0.950. The van der Waals surface area contributed by atoms with Crippen LogP contribution in [0.1, 0.15) is 78.6 Å². The molecule has 0 aromatic rings. The summed E-state index contributed by atoms with van der Waals surface area (Å²) in [5.41, 5.74) is -0.887. The number of rotatable bonds is 1. The van der Waals surface area contributed by atoms with Crippen molar-refractivity contribution >= 4 is 5.97 Å². The van der Waals surface area contributed by atoms with Crippen LogP contribution in [0.3, 0.4) is 0 Å². The summed E-state index contributed by atoms with van der Waals surface area (Å²) in [6.07, 6.45) is 9.16. The standard InChI is InChI=1S/C20H32O3/c1-17(2)8-4-9-20(16(21)22)14(17)7-10-19-11-13(5-6-15(19)20)18(3,23)12-19/h13-15,23H,4-12H2,1-3H3,(H,21,22)/t13-,14-,15-,18-,19+,20+/m0/s1. The van der Waals surface area contributed by atoms with Gasteiger partial charge < -0.3 is 10.2 Å². The summed E-state index contributed by atoms with van der Waals surface area (Å²) in [6.45, 7) is 6.59. The van der Waals surface area contributed by atoms with Crippen LogP contribution in [-0.2, 0) is 4.79 Å². The Hall–Kier alpha value is -0.570. The molecule has 0 unspecified atom stereocenters. The van der Waals surface area contributed by atoms with Gasteiger partial charge >= 0.3 is 5.97 Å². The number of carbonyl (C=O) groups is 1. The molecular weight excluding hydrogens is 288 g/mol. The molecule has 0 amide bonds. The molecule has 3 nitrogen and oxygen atoms in total. The molecule has 4 saturated carbocycles. The van der Waals surface area contributed by atoms with Gasteiger partial charge in [0.2, 0.25) is 0 Å². The van der Waals surface area contributed by atoms with E-state index < -0.39 is 17.0 Å². The number of hydrogen-bond donors (Lipinski definition) is 2. The zero-order chi connectivity index (χ0) is 16.7. The Bertz CT molecular complexity index is 537. The van der Waals surface area contributed by atoms with E-state index in [-0.39, 0.29) is 16.7 Å². The molecule has 0 aromatic carbocycles. The molecule has 3 heteroatoms. The van der Waals surface area contributed by atoms with Crippen molar-refractivity contribution < 1.29 is 15.0 Å². The van der Waals surface area contributed by atoms with E-state index >= 15 is 0 Å². The molecule has 0 saturated heterocycles. The van der Waals surface area contributed by atoms with Crippen molar-refractivity contribution in [2.45, 2.75) is 84.2 Å². The van der Waals surface area contributed by atoms with Crippen LogP contribution in [0.15, 0.2) is 0 Å². The zero-order valence-corrected chi connectivity index (χ0v) is 14.9. The molecule has 0 aromatic heterocycles. The van der Waals surface area contributed by atoms with E-state index in [0.717, 1.165) is 57.8 Å². The third kappa shape index (κ3) is 1.89. The van der Waals surface area contributed by atoms with Gasteiger partial charge in [0.25, 0.3) is 0 Å². The molecule has 0 aliphatic heterocycles. The van der Waals surface area contributed by atoms with Gasteiger partial charge in [-0.15, -0.1) is 0 Å². The maximum Gasteiger partial charge on any atom is 0.310 e. The highest BCUT2D eigenvalue weighted by Gasteiger charge is 2.69. The predicted octanol–water partition coefficient (Wildman–Crippen LogP) is 4.23. The monoisotopic (exact) mass is 320 g/mol. The first-order chi connectivity index (χ1) is 10.6. The van der Waals surface area contributed by atoms with Gasteiger partial charge in [-0.2, -0.15) is 0 Å². The number of fused-ring (bicyclic) bond motifs is 3. The summed E-state index contributed by atoms with van der Waals surface area (Å²) in [5, 5.41) is 21.3. The van der Waals surface area contributed by atoms with E-state index in [2.05, 4.69) is 13.8 Å². The van der Waals surface area contributed by atoms with Crippen LogP contribution in [0, 0.1) is 34.0 Å². The zero-order valence-electron chi connectivity index (χ0n) is 14.9. The second-order valence-corrected chi connectivity index (χ2v) is 10.2. The summed E-state index contributed by atoms with van der Waals surface area (Å²) in [5.74, 6) is 0.428. The second-order valence-electron chi connectivity index (χ2n) is 10.2. The van der Waals surface area contributed by atoms with Gasteiger partial charge in [-0.1, -0.05) is 20.3 Å². The van der Waals surface area contributed by atoms with E-state index in [1.807, 2.05) is 6.92 Å². The van der Waals surface area contributed by atoms with Crippen molar-refractivity contribution in [1.29, 1.82) is 0 Å². The molecule has 6 atom stereocenters. The lowest BCUT2D eigenvalue weighted by Gasteiger charge is -2.62. The van der Waals surface area contributed by atoms with E-state index in [9.17, 15) is 15.0 Å². The Kier molecular flexibility index (Phi) is 3.14. The molecular formula is C20H32O3. The van der Waals surface area contributed by atoms with Crippen molar-refractivity contribution in [3.63, 3.8) is 0 Å². The van der Waals surface area contributed by atoms with Crippen LogP contribution >= 0.6 is 0 Å². The molecule has 1 spiro atoms. The number of hydrogen-bond acceptors (Lipinski definition) is 2. The molecule has 23 heavy (non-hydrogen) atoms. The van der Waals surface area contributed by atoms with Gasteiger partial charge in [-0.3, -0.25) is 4.79 Å². The van der Waals surface area contributed by atoms with Crippen LogP contribution < -0.4 is 0 Å². The summed E-state index contributed by atoms with van der Waals surface area (Å²) < 4.78 is 0. The summed E-state index contributed by atoms with van der Waals surface area (Å²) in [4.78, 5) is 12.6. The van der Waals surface area contributed by atoms with Crippen LogP contribution in [0.2, 0.25) is 0 Å². The van der Waals surface area contributed by atoms with Gasteiger partial charge in [0.15, 0.2) is 0 Å². The number of carboxylic acid groups (broad SMARTS) is 1. The van der Waals surface area contributed by atoms with Crippen LogP contribution in [0.25, 0.3) is 0 Å². The molecule has 4 rings (SSSR count). The Labute approximate surface area is 139 Å². The van der Waals surface area contributed by atoms with Crippen molar-refractivity contribution in [2.75, 3.05) is 0 Å². The van der Waals surface area contributed by atoms with E-state index in [4.69, 9.17) is 0 Å². The molecule has 4 fully saturated rings. The lowest BCUT2D eigenvalue weighted by atomic mass is 9.40. The summed E-state index contributed by atoms with van der Waals surface area (Å²) in [6, 6.07) is 0. The Balaban J connectivity index is 1.81. The maximum atomic E-state index is 12.6. The highest BCUT2D eigenvalue weighted by atomic mass is 16.4. The van der Waals surface area contributed by atoms with Crippen molar-refractivity contribution in [2.24, 2.45) is 34.0 Å². The topological polar surface area (TPSA) is 57.5 Å². The van der Waals surface area contributed by atoms with Gasteiger partial charge in [0.1, 0.15) is 0 Å². The van der Waals surface area contributed by atoms with Crippen molar-refractivity contribution in [3.05, 3.63) is 0 Å². The number of aliphatic hydroxyl groups is 1. The quantitative estimate of drug-likeness (QED) is 0.760. The lowest BCUT2D eigenvalue weighted by molar-refractivity contribution is -0.194. The fourth-order valence-electron chi connectivity index (χ4n) is 7.95. The van der Waals surface area contributed by atoms with E-state index in [0.29, 0.717) is 11.8 Å². The highest BCUT2D eigenvalue weighted by Crippen LogP contribution is 2.72. The van der Waals surface area contributed by atoms with Gasteiger partial charge in [0.05, 0.1) is 11.0 Å². The predicted molar refractivity (Wildman–Crippen MR) is 88.9 cm³/mol. The first-order valence-electron chi connectivity index (χ1n) is 9.60. The smallest absolute Gasteiger partial charge is 0.310 e. The third-order valence-corrected chi connectivity index (χ3v) is 8.71. The number of carboxylic acids is 1. The minimum Gasteiger partial charge on any atom is -0.481 e. The SMILES string of the molecule is CC1(C)CCC[C@@]2(C(=O)O)[C@H]1CC[C@]13C[C@H](CC[C@@H]12)[C@@](C)(O)C3. The second kappa shape index (κ2) is 4.53. The highest BCUT2D eigenvalue weighted by molar-refractivity contribution is 5.76. The Morgan fingerprint density at radius 1 is 1.00 bits per heavy atom. The molecule has 0 heterocycles. The van der Waals surface area contributed by atoms with Crippen LogP contribution in [0.4, 0.5) is 0 Å². The Morgan fingerprint density at radius 2 is 1.74 bits per heavy atom. The summed E-state index contributed by atoms with van der Waals surface area (Å²) in [7, 11) is 0.